The van der Waals surface area contributed by atoms with Crippen molar-refractivity contribution >= 4 is 22.9 Å². The molecule has 3 rings (SSSR count). The maximum absolute atomic E-state index is 12.3. The van der Waals surface area contributed by atoms with Gasteiger partial charge in [-0.05, 0) is 31.2 Å². The molecule has 2 heterocycles. The van der Waals surface area contributed by atoms with Crippen LogP contribution in [0.25, 0.3) is 5.65 Å². The lowest BCUT2D eigenvalue weighted by atomic mass is 10.3. The number of pyridine rings is 1. The highest BCUT2D eigenvalue weighted by atomic mass is 16.5. The Hall–Kier alpha value is -3.02. The summed E-state index contributed by atoms with van der Waals surface area (Å²) in [5.41, 5.74) is 8.03. The summed E-state index contributed by atoms with van der Waals surface area (Å²) in [6, 6.07) is 12.7. The molecule has 112 valence electrons. The molecule has 0 saturated heterocycles. The Labute approximate surface area is 127 Å². The van der Waals surface area contributed by atoms with E-state index in [0.29, 0.717) is 35.2 Å². The average molecular weight is 296 g/mol. The molecule has 6 heteroatoms. The van der Waals surface area contributed by atoms with Gasteiger partial charge in [0, 0.05) is 11.9 Å². The van der Waals surface area contributed by atoms with Crippen molar-refractivity contribution < 1.29 is 9.53 Å². The Bertz CT molecular complexity index is 812. The number of amides is 1. The van der Waals surface area contributed by atoms with E-state index in [1.54, 1.807) is 22.7 Å². The van der Waals surface area contributed by atoms with E-state index in [1.165, 1.54) is 0 Å². The molecule has 22 heavy (non-hydrogen) atoms. The van der Waals surface area contributed by atoms with Gasteiger partial charge in [-0.25, -0.2) is 4.98 Å². The molecule has 6 nitrogen and oxygen atoms in total. The first-order valence-electron chi connectivity index (χ1n) is 6.96. The predicted octanol–water partition coefficient (Wildman–Crippen LogP) is 2.57. The van der Waals surface area contributed by atoms with E-state index in [1.807, 2.05) is 37.3 Å². The summed E-state index contributed by atoms with van der Waals surface area (Å²) in [4.78, 5) is 16.6. The molecule has 3 N–H and O–H groups in total. The summed E-state index contributed by atoms with van der Waals surface area (Å²) in [6.45, 7) is 2.35. The van der Waals surface area contributed by atoms with Crippen molar-refractivity contribution in [1.82, 2.24) is 9.38 Å². The van der Waals surface area contributed by atoms with Crippen molar-refractivity contribution in [2.45, 2.75) is 6.92 Å². The van der Waals surface area contributed by atoms with Gasteiger partial charge in [-0.1, -0.05) is 18.2 Å². The van der Waals surface area contributed by atoms with Gasteiger partial charge in [0.15, 0.2) is 0 Å². The number of nitrogens with zero attached hydrogens (tertiary/aromatic N) is 2. The minimum atomic E-state index is -0.282. The van der Waals surface area contributed by atoms with Gasteiger partial charge in [-0.3, -0.25) is 9.20 Å². The van der Waals surface area contributed by atoms with Crippen molar-refractivity contribution in [3.63, 3.8) is 0 Å². The molecular formula is C16H16N4O2. The largest absolute Gasteiger partial charge is 0.477 e. The Morgan fingerprint density at radius 1 is 1.27 bits per heavy atom. The number of nitrogens with one attached hydrogen (secondary N) is 1. The summed E-state index contributed by atoms with van der Waals surface area (Å²) < 4.78 is 7.21. The first-order chi connectivity index (χ1) is 10.7. The van der Waals surface area contributed by atoms with Gasteiger partial charge in [0.1, 0.15) is 11.3 Å². The maximum atomic E-state index is 12.3. The maximum Gasteiger partial charge on any atom is 0.275 e. The zero-order valence-electron chi connectivity index (χ0n) is 12.1. The number of para-hydroxylation sites is 1. The van der Waals surface area contributed by atoms with Gasteiger partial charge in [-0.15, -0.1) is 0 Å². The number of fused-ring (bicyclic) bond motifs is 1. The monoisotopic (exact) mass is 296 g/mol. The lowest BCUT2D eigenvalue weighted by molar-refractivity contribution is 0.102. The first-order valence-corrected chi connectivity index (χ1v) is 6.96. The quantitative estimate of drug-likeness (QED) is 0.775. The van der Waals surface area contributed by atoms with Gasteiger partial charge in [-0.2, -0.15) is 0 Å². The average Bonchev–Trinajstić information content (AvgIpc) is 2.96. The minimum Gasteiger partial charge on any atom is -0.477 e. The van der Waals surface area contributed by atoms with E-state index in [-0.39, 0.29) is 5.91 Å². The molecule has 0 bridgehead atoms. The summed E-state index contributed by atoms with van der Waals surface area (Å²) in [5, 5.41) is 2.80. The number of carbonyl (C=O) groups is 1. The van der Waals surface area contributed by atoms with Gasteiger partial charge < -0.3 is 15.8 Å². The summed E-state index contributed by atoms with van der Waals surface area (Å²) >= 11 is 0. The highest BCUT2D eigenvalue weighted by Gasteiger charge is 2.14. The van der Waals surface area contributed by atoms with Crippen molar-refractivity contribution in [2.24, 2.45) is 0 Å². The number of anilines is 2. The molecule has 1 amide bonds. The third-order valence-corrected chi connectivity index (χ3v) is 3.16. The standard InChI is InChI=1S/C16H16N4O2/c1-2-22-16-12(17)8-9-14-19-13(10-20(14)16)15(21)18-11-6-4-3-5-7-11/h3-10H,2,17H2,1H3,(H,18,21). The molecular weight excluding hydrogens is 280 g/mol. The lowest BCUT2D eigenvalue weighted by Crippen LogP contribution is -2.12. The topological polar surface area (TPSA) is 81.7 Å². The van der Waals surface area contributed by atoms with Crippen LogP contribution in [0.1, 0.15) is 17.4 Å². The molecule has 0 unspecified atom stereocenters. The first kappa shape index (κ1) is 13.9. The second kappa shape index (κ2) is 5.77. The number of hydrogen-bond donors (Lipinski definition) is 2. The Kier molecular flexibility index (Phi) is 3.65. The van der Waals surface area contributed by atoms with E-state index >= 15 is 0 Å². The number of nitrogen functional groups attached to an aromatic ring is 1. The summed E-state index contributed by atoms with van der Waals surface area (Å²) in [7, 11) is 0. The Morgan fingerprint density at radius 3 is 2.77 bits per heavy atom. The molecule has 0 aliphatic rings. The van der Waals surface area contributed by atoms with Crippen molar-refractivity contribution in [1.29, 1.82) is 0 Å². The third-order valence-electron chi connectivity index (χ3n) is 3.16. The molecule has 0 saturated carbocycles. The number of imidazole rings is 1. The lowest BCUT2D eigenvalue weighted by Gasteiger charge is -2.08. The molecule has 0 atom stereocenters. The highest BCUT2D eigenvalue weighted by molar-refractivity contribution is 6.03. The third kappa shape index (κ3) is 2.58. The van der Waals surface area contributed by atoms with E-state index in [0.717, 1.165) is 0 Å². The van der Waals surface area contributed by atoms with E-state index in [2.05, 4.69) is 10.3 Å². The van der Waals surface area contributed by atoms with Crippen LogP contribution in [-0.4, -0.2) is 21.9 Å². The zero-order chi connectivity index (χ0) is 15.5. The highest BCUT2D eigenvalue weighted by Crippen LogP contribution is 2.23. The van der Waals surface area contributed by atoms with Crippen LogP contribution in [0, 0.1) is 0 Å². The van der Waals surface area contributed by atoms with E-state index in [4.69, 9.17) is 10.5 Å². The van der Waals surface area contributed by atoms with Crippen LogP contribution in [0.4, 0.5) is 11.4 Å². The van der Waals surface area contributed by atoms with Crippen LogP contribution < -0.4 is 15.8 Å². The second-order valence-electron chi connectivity index (χ2n) is 4.70. The number of aromatic nitrogens is 2. The molecule has 0 fully saturated rings. The van der Waals surface area contributed by atoms with Crippen LogP contribution in [0.5, 0.6) is 5.88 Å². The van der Waals surface area contributed by atoms with E-state index in [9.17, 15) is 4.79 Å². The number of ether oxygens (including phenoxy) is 1. The van der Waals surface area contributed by atoms with Gasteiger partial charge in [0.05, 0.1) is 12.3 Å². The Morgan fingerprint density at radius 2 is 2.05 bits per heavy atom. The fraction of sp³-hybridized carbons (Fsp3) is 0.125. The molecule has 0 aliphatic heterocycles. The number of benzene rings is 1. The molecule has 2 aromatic heterocycles. The smallest absolute Gasteiger partial charge is 0.275 e. The van der Waals surface area contributed by atoms with Crippen LogP contribution in [-0.2, 0) is 0 Å². The van der Waals surface area contributed by atoms with Crippen molar-refractivity contribution in [2.75, 3.05) is 17.7 Å². The van der Waals surface area contributed by atoms with Crippen LogP contribution in [0.15, 0.2) is 48.7 Å². The van der Waals surface area contributed by atoms with Crippen LogP contribution >= 0.6 is 0 Å². The number of nitrogens with two attached hydrogens (primary N) is 1. The summed E-state index contributed by atoms with van der Waals surface area (Å²) in [6.07, 6.45) is 1.62. The van der Waals surface area contributed by atoms with Crippen LogP contribution in [0.2, 0.25) is 0 Å². The van der Waals surface area contributed by atoms with Gasteiger partial charge in [0.2, 0.25) is 5.88 Å². The predicted molar refractivity (Wildman–Crippen MR) is 85.2 cm³/mol. The van der Waals surface area contributed by atoms with Gasteiger partial charge in [0.25, 0.3) is 5.91 Å². The number of rotatable bonds is 4. The Balaban J connectivity index is 1.95. The SMILES string of the molecule is CCOc1c(N)ccc2nc(C(=O)Nc3ccccc3)cn12. The fourth-order valence-corrected chi connectivity index (χ4v) is 2.17. The number of carbonyl (C=O) groups excluding carboxylic acids is 1. The normalized spacial score (nSPS) is 10.6. The molecule has 0 spiro atoms. The van der Waals surface area contributed by atoms with Crippen LogP contribution in [0.3, 0.4) is 0 Å². The molecule has 0 radical (unpaired) electrons. The number of hydrogen-bond acceptors (Lipinski definition) is 4. The minimum absolute atomic E-state index is 0.282. The molecule has 1 aromatic carbocycles. The summed E-state index contributed by atoms with van der Waals surface area (Å²) in [5.74, 6) is 0.210. The van der Waals surface area contributed by atoms with Crippen molar-refractivity contribution in [3.05, 3.63) is 54.4 Å². The van der Waals surface area contributed by atoms with Crippen molar-refractivity contribution in [3.8, 4) is 5.88 Å². The zero-order valence-corrected chi connectivity index (χ0v) is 12.1. The molecule has 0 aliphatic carbocycles. The van der Waals surface area contributed by atoms with E-state index < -0.39 is 0 Å². The van der Waals surface area contributed by atoms with Gasteiger partial charge >= 0.3 is 0 Å². The second-order valence-corrected chi connectivity index (χ2v) is 4.70. The molecule has 3 aromatic rings. The fourth-order valence-electron chi connectivity index (χ4n) is 2.17.